The number of carbonyl (C=O) groups is 2. The van der Waals surface area contributed by atoms with Gasteiger partial charge in [0.05, 0.1) is 18.2 Å². The van der Waals surface area contributed by atoms with Gasteiger partial charge < -0.3 is 14.7 Å². The fourth-order valence-electron chi connectivity index (χ4n) is 3.52. The molecule has 1 aliphatic rings. The highest BCUT2D eigenvalue weighted by atomic mass is 19.1. The van der Waals surface area contributed by atoms with Crippen molar-refractivity contribution in [3.8, 4) is 5.75 Å². The van der Waals surface area contributed by atoms with Gasteiger partial charge in [-0.1, -0.05) is 6.07 Å². The quantitative estimate of drug-likeness (QED) is 0.666. The smallest absolute Gasteiger partial charge is 0.278 e. The molecule has 0 saturated carbocycles. The molecule has 0 bridgehead atoms. The highest BCUT2D eigenvalue weighted by Gasteiger charge is 2.35. The zero-order chi connectivity index (χ0) is 22.9. The number of hydrogen-bond acceptors (Lipinski definition) is 6. The molecule has 2 heterocycles. The van der Waals surface area contributed by atoms with E-state index in [0.717, 1.165) is 12.1 Å². The molecule has 0 radical (unpaired) electrons. The Bertz CT molecular complexity index is 1090. The van der Waals surface area contributed by atoms with E-state index >= 15 is 0 Å². The molecular formula is C21H23F2N3O5. The van der Waals surface area contributed by atoms with Gasteiger partial charge in [0.2, 0.25) is 5.43 Å². The highest BCUT2D eigenvalue weighted by Crippen LogP contribution is 2.23. The average molecular weight is 435 g/mol. The van der Waals surface area contributed by atoms with Crippen LogP contribution in [0.3, 0.4) is 0 Å². The number of methoxy groups -OCH3 is 1. The van der Waals surface area contributed by atoms with Crippen LogP contribution in [0.15, 0.2) is 29.2 Å². The van der Waals surface area contributed by atoms with Crippen molar-refractivity contribution >= 4 is 11.7 Å². The molecule has 1 atom stereocenters. The molecule has 0 fully saturated rings. The number of aromatic hydroxyl groups is 1. The van der Waals surface area contributed by atoms with Crippen molar-refractivity contribution in [1.82, 2.24) is 9.58 Å². The molecule has 31 heavy (non-hydrogen) atoms. The summed E-state index contributed by atoms with van der Waals surface area (Å²) in [6.07, 6.45) is 0.923. The van der Waals surface area contributed by atoms with E-state index in [9.17, 15) is 28.3 Å². The zero-order valence-corrected chi connectivity index (χ0v) is 17.4. The lowest BCUT2D eigenvalue weighted by molar-refractivity contribution is 0.0490. The van der Waals surface area contributed by atoms with Crippen LogP contribution in [0.4, 0.5) is 8.78 Å². The lowest BCUT2D eigenvalue weighted by atomic mass is 10.0. The van der Waals surface area contributed by atoms with E-state index < -0.39 is 34.5 Å². The van der Waals surface area contributed by atoms with Crippen molar-refractivity contribution in [2.24, 2.45) is 0 Å². The molecule has 0 spiro atoms. The van der Waals surface area contributed by atoms with E-state index in [0.29, 0.717) is 0 Å². The molecule has 1 N–H and O–H groups in total. The fourth-order valence-corrected chi connectivity index (χ4v) is 3.52. The Hall–Kier alpha value is -3.27. The molecule has 1 aliphatic heterocycles. The maximum atomic E-state index is 13.8. The van der Waals surface area contributed by atoms with Gasteiger partial charge in [0, 0.05) is 32.8 Å². The summed E-state index contributed by atoms with van der Waals surface area (Å²) in [4.78, 5) is 39.6. The van der Waals surface area contributed by atoms with Crippen molar-refractivity contribution in [2.75, 3.05) is 32.4 Å². The monoisotopic (exact) mass is 435 g/mol. The Morgan fingerprint density at radius 3 is 2.65 bits per heavy atom. The zero-order valence-electron chi connectivity index (χ0n) is 17.4. The normalized spacial score (nSPS) is 14.5. The number of halogens is 2. The summed E-state index contributed by atoms with van der Waals surface area (Å²) in [5.41, 5.74) is -1.41. The predicted octanol–water partition coefficient (Wildman–Crippen LogP) is 1.66. The van der Waals surface area contributed by atoms with Crippen molar-refractivity contribution in [3.63, 3.8) is 0 Å². The van der Waals surface area contributed by atoms with Crippen LogP contribution >= 0.6 is 0 Å². The number of benzene rings is 1. The third-order valence-corrected chi connectivity index (χ3v) is 5.23. The Labute approximate surface area is 177 Å². The number of fused-ring (bicyclic) bond motifs is 1. The van der Waals surface area contributed by atoms with Crippen LogP contribution < -0.4 is 10.4 Å². The molecular weight excluding hydrogens is 412 g/mol. The number of amides is 1. The van der Waals surface area contributed by atoms with E-state index in [-0.39, 0.29) is 49.0 Å². The van der Waals surface area contributed by atoms with Crippen LogP contribution in [0.5, 0.6) is 5.75 Å². The lowest BCUT2D eigenvalue weighted by Gasteiger charge is -2.40. The van der Waals surface area contributed by atoms with Gasteiger partial charge in [-0.3, -0.25) is 24.1 Å². The van der Waals surface area contributed by atoms with Gasteiger partial charge in [0.15, 0.2) is 17.2 Å². The first-order valence-corrected chi connectivity index (χ1v) is 9.62. The summed E-state index contributed by atoms with van der Waals surface area (Å²) in [6.45, 7) is 2.18. The van der Waals surface area contributed by atoms with Crippen molar-refractivity contribution in [2.45, 2.75) is 25.8 Å². The largest absolute Gasteiger partial charge is 0.502 e. The summed E-state index contributed by atoms with van der Waals surface area (Å²) < 4.78 is 33.2. The number of carbonyl (C=O) groups excluding carboxylic acids is 2. The van der Waals surface area contributed by atoms with Gasteiger partial charge in [-0.05, 0) is 25.0 Å². The van der Waals surface area contributed by atoms with Crippen LogP contribution in [0.1, 0.15) is 39.8 Å². The average Bonchev–Trinajstić information content (AvgIpc) is 2.71. The first kappa shape index (κ1) is 22.4. The van der Waals surface area contributed by atoms with Gasteiger partial charge in [-0.25, -0.2) is 8.78 Å². The third kappa shape index (κ3) is 4.29. The summed E-state index contributed by atoms with van der Waals surface area (Å²) in [7, 11) is 3.13. The van der Waals surface area contributed by atoms with Gasteiger partial charge in [-0.15, -0.1) is 0 Å². The number of Topliss-reactive ketones (excluding diaryl/α,β-unsaturated/α-hetero) is 1. The van der Waals surface area contributed by atoms with Crippen LogP contribution in [-0.2, 0) is 11.2 Å². The predicted molar refractivity (Wildman–Crippen MR) is 108 cm³/mol. The van der Waals surface area contributed by atoms with E-state index in [4.69, 9.17) is 4.74 Å². The van der Waals surface area contributed by atoms with E-state index in [1.165, 1.54) is 28.9 Å². The van der Waals surface area contributed by atoms with Gasteiger partial charge in [0.25, 0.3) is 5.91 Å². The number of ketones is 1. The second-order valence-corrected chi connectivity index (χ2v) is 7.45. The van der Waals surface area contributed by atoms with Gasteiger partial charge in [0.1, 0.15) is 18.3 Å². The molecule has 2 aromatic rings. The summed E-state index contributed by atoms with van der Waals surface area (Å²) in [5.74, 6) is -3.54. The minimum atomic E-state index is -0.973. The van der Waals surface area contributed by atoms with Crippen LogP contribution in [0.25, 0.3) is 0 Å². The SMILES string of the molecule is COC[C@H](C)N1CN(C)n2cc(C(=O)CCc3ccc(F)cc3F)c(=O)c(O)c2C1=O. The number of aromatic nitrogens is 1. The minimum absolute atomic E-state index is 0.0516. The first-order valence-electron chi connectivity index (χ1n) is 9.62. The topological polar surface area (TPSA) is 92.1 Å². The molecule has 1 aromatic carbocycles. The Balaban J connectivity index is 1.90. The maximum Gasteiger partial charge on any atom is 0.278 e. The molecule has 1 amide bonds. The second kappa shape index (κ2) is 8.84. The van der Waals surface area contributed by atoms with E-state index in [1.54, 1.807) is 19.0 Å². The van der Waals surface area contributed by atoms with E-state index in [1.807, 2.05) is 0 Å². The standard InChI is InChI=1S/C21H23F2N3O5/c1-12(10-31-3)25-11-24(2)26-9-15(19(28)20(29)18(26)21(25)30)17(27)7-5-13-4-6-14(22)8-16(13)23/h4,6,8-9,12,29H,5,7,10-11H2,1-3H3/t12-/m0/s1. The molecule has 1 aromatic heterocycles. The van der Waals surface area contributed by atoms with Gasteiger partial charge >= 0.3 is 0 Å². The van der Waals surface area contributed by atoms with Crippen molar-refractivity contribution in [1.29, 1.82) is 0 Å². The number of hydrogen-bond donors (Lipinski definition) is 1. The lowest BCUT2D eigenvalue weighted by Crippen LogP contribution is -2.56. The highest BCUT2D eigenvalue weighted by molar-refractivity contribution is 6.00. The molecule has 8 nitrogen and oxygen atoms in total. The van der Waals surface area contributed by atoms with Crippen LogP contribution in [0.2, 0.25) is 0 Å². The number of rotatable bonds is 7. The number of nitrogens with zero attached hydrogens (tertiary/aromatic N) is 3. The molecule has 0 unspecified atom stereocenters. The number of pyridine rings is 1. The Morgan fingerprint density at radius 1 is 1.29 bits per heavy atom. The third-order valence-electron chi connectivity index (χ3n) is 5.23. The molecule has 0 aliphatic carbocycles. The molecule has 3 rings (SSSR count). The maximum absolute atomic E-state index is 13.8. The number of aryl methyl sites for hydroxylation is 1. The summed E-state index contributed by atoms with van der Waals surface area (Å²) in [6, 6.07) is 2.72. The van der Waals surface area contributed by atoms with Crippen LogP contribution in [-0.4, -0.2) is 59.8 Å². The molecule has 166 valence electrons. The van der Waals surface area contributed by atoms with Crippen molar-refractivity contribution < 1.29 is 28.2 Å². The van der Waals surface area contributed by atoms with Crippen LogP contribution in [0, 0.1) is 11.6 Å². The first-order chi connectivity index (χ1) is 14.6. The minimum Gasteiger partial charge on any atom is -0.502 e. The molecule has 10 heteroatoms. The summed E-state index contributed by atoms with van der Waals surface area (Å²) in [5, 5.41) is 12.0. The summed E-state index contributed by atoms with van der Waals surface area (Å²) >= 11 is 0. The van der Waals surface area contributed by atoms with Gasteiger partial charge in [-0.2, -0.15) is 0 Å². The second-order valence-electron chi connectivity index (χ2n) is 7.45. The van der Waals surface area contributed by atoms with E-state index in [2.05, 4.69) is 0 Å². The van der Waals surface area contributed by atoms with Crippen molar-refractivity contribution in [3.05, 3.63) is 63.1 Å². The Kier molecular flexibility index (Phi) is 6.40. The number of ether oxygens (including phenoxy) is 1. The molecule has 0 saturated heterocycles. The Morgan fingerprint density at radius 2 is 2.00 bits per heavy atom. The fraction of sp³-hybridized carbons (Fsp3) is 0.381.